The van der Waals surface area contributed by atoms with E-state index in [1.54, 1.807) is 11.3 Å². The summed E-state index contributed by atoms with van der Waals surface area (Å²) in [7, 11) is 0. The molecule has 96 valence electrons. The second-order valence-corrected chi connectivity index (χ2v) is 6.28. The minimum absolute atomic E-state index is 0.936. The number of rotatable bonds is 2. The molecule has 0 amide bonds. The molecule has 1 aliphatic heterocycles. The molecule has 2 aromatic heterocycles. The van der Waals surface area contributed by atoms with Crippen LogP contribution in [0, 0.1) is 0 Å². The Bertz CT molecular complexity index is 546. The lowest BCUT2D eigenvalue weighted by molar-refractivity contribution is 0.271. The molecule has 0 atom stereocenters. The van der Waals surface area contributed by atoms with Gasteiger partial charge >= 0.3 is 0 Å². The van der Waals surface area contributed by atoms with Crippen LogP contribution in [-0.4, -0.2) is 42.6 Å². The van der Waals surface area contributed by atoms with E-state index in [4.69, 9.17) is 0 Å². The molecule has 18 heavy (non-hydrogen) atoms. The maximum Gasteiger partial charge on any atom is 0.138 e. The lowest BCUT2D eigenvalue weighted by Gasteiger charge is -2.35. The summed E-state index contributed by atoms with van der Waals surface area (Å²) in [5.41, 5.74) is 0. The van der Waals surface area contributed by atoms with E-state index in [0.29, 0.717) is 0 Å². The zero-order valence-electron chi connectivity index (χ0n) is 10.4. The molecular formula is C13H16BrN3S. The molecule has 0 spiro atoms. The van der Waals surface area contributed by atoms with Gasteiger partial charge in [0, 0.05) is 36.3 Å². The molecule has 1 aliphatic rings. The smallest absolute Gasteiger partial charge is 0.138 e. The number of aromatic nitrogens is 1. The molecular weight excluding hydrogens is 310 g/mol. The van der Waals surface area contributed by atoms with Gasteiger partial charge < -0.3 is 9.80 Å². The Balaban J connectivity index is 1.92. The van der Waals surface area contributed by atoms with Gasteiger partial charge in [-0.1, -0.05) is 6.92 Å². The summed E-state index contributed by atoms with van der Waals surface area (Å²) < 4.78 is 2.25. The fourth-order valence-corrected chi connectivity index (χ4v) is 3.80. The van der Waals surface area contributed by atoms with Crippen LogP contribution in [0.15, 0.2) is 22.1 Å². The highest BCUT2D eigenvalue weighted by Crippen LogP contribution is 2.31. The van der Waals surface area contributed by atoms with Crippen molar-refractivity contribution in [1.29, 1.82) is 0 Å². The van der Waals surface area contributed by atoms with E-state index in [1.807, 2.05) is 0 Å². The second-order valence-electron chi connectivity index (χ2n) is 4.52. The molecule has 0 N–H and O–H groups in total. The average Bonchev–Trinajstić information content (AvgIpc) is 2.86. The molecule has 1 saturated heterocycles. The molecule has 0 radical (unpaired) electrons. The van der Waals surface area contributed by atoms with Gasteiger partial charge in [-0.3, -0.25) is 0 Å². The van der Waals surface area contributed by atoms with Gasteiger partial charge in [-0.2, -0.15) is 0 Å². The van der Waals surface area contributed by atoms with Gasteiger partial charge in [0.1, 0.15) is 10.4 Å². The lowest BCUT2D eigenvalue weighted by atomic mass is 10.2. The van der Waals surface area contributed by atoms with Crippen molar-refractivity contribution < 1.29 is 0 Å². The van der Waals surface area contributed by atoms with Crippen molar-refractivity contribution in [3.63, 3.8) is 0 Å². The van der Waals surface area contributed by atoms with E-state index in [2.05, 4.69) is 55.2 Å². The number of nitrogens with zero attached hydrogens (tertiary/aromatic N) is 3. The Kier molecular flexibility index (Phi) is 3.54. The molecule has 2 aromatic rings. The lowest BCUT2D eigenvalue weighted by Crippen LogP contribution is -2.46. The molecule has 0 bridgehead atoms. The Hall–Kier alpha value is -0.650. The van der Waals surface area contributed by atoms with Gasteiger partial charge in [0.2, 0.25) is 0 Å². The van der Waals surface area contributed by atoms with E-state index >= 15 is 0 Å². The zero-order chi connectivity index (χ0) is 12.5. The van der Waals surface area contributed by atoms with Gasteiger partial charge in [-0.15, -0.1) is 11.3 Å². The average molecular weight is 326 g/mol. The Morgan fingerprint density at radius 1 is 1.33 bits per heavy atom. The summed E-state index contributed by atoms with van der Waals surface area (Å²) in [6, 6.07) is 4.28. The fourth-order valence-electron chi connectivity index (χ4n) is 2.44. The van der Waals surface area contributed by atoms with Gasteiger partial charge in [-0.05, 0) is 40.0 Å². The summed E-state index contributed by atoms with van der Waals surface area (Å²) in [4.78, 5) is 9.57. The maximum absolute atomic E-state index is 4.68. The van der Waals surface area contributed by atoms with Gasteiger partial charge in [0.25, 0.3) is 0 Å². The number of pyridine rings is 1. The first-order valence-electron chi connectivity index (χ1n) is 6.29. The maximum atomic E-state index is 4.68. The molecule has 3 nitrogen and oxygen atoms in total. The molecule has 3 rings (SSSR count). The van der Waals surface area contributed by atoms with Gasteiger partial charge in [-0.25, -0.2) is 4.98 Å². The Morgan fingerprint density at radius 2 is 2.11 bits per heavy atom. The van der Waals surface area contributed by atoms with E-state index in [-0.39, 0.29) is 0 Å². The minimum Gasteiger partial charge on any atom is -0.353 e. The van der Waals surface area contributed by atoms with Crippen molar-refractivity contribution in [2.45, 2.75) is 6.92 Å². The van der Waals surface area contributed by atoms with E-state index < -0.39 is 0 Å². The monoisotopic (exact) mass is 325 g/mol. The number of likely N-dealkylation sites (N-methyl/N-ethyl adjacent to an activating group) is 1. The Labute approximate surface area is 120 Å². The van der Waals surface area contributed by atoms with E-state index in [0.717, 1.165) is 43.1 Å². The Morgan fingerprint density at radius 3 is 2.83 bits per heavy atom. The topological polar surface area (TPSA) is 19.4 Å². The number of hydrogen-bond donors (Lipinski definition) is 0. The summed E-state index contributed by atoms with van der Waals surface area (Å²) in [6.45, 7) is 7.79. The van der Waals surface area contributed by atoms with Crippen LogP contribution in [0.4, 0.5) is 5.82 Å². The van der Waals surface area contributed by atoms with Crippen LogP contribution in [0.5, 0.6) is 0 Å². The van der Waals surface area contributed by atoms with Gasteiger partial charge in [0.05, 0.1) is 0 Å². The standard InChI is InChI=1S/C13H16BrN3S/c1-2-16-4-6-17(7-5-16)13-10-3-8-18-11(10)9-12(14)15-13/h3,8-9H,2,4-7H2,1H3. The largest absolute Gasteiger partial charge is 0.353 e. The number of halogens is 1. The summed E-state index contributed by atoms with van der Waals surface area (Å²) in [6.07, 6.45) is 0. The molecule has 0 unspecified atom stereocenters. The number of piperazine rings is 1. The number of fused-ring (bicyclic) bond motifs is 1. The normalized spacial score (nSPS) is 17.6. The first-order valence-corrected chi connectivity index (χ1v) is 7.96. The van der Waals surface area contributed by atoms with Crippen LogP contribution >= 0.6 is 27.3 Å². The van der Waals surface area contributed by atoms with Crippen molar-refractivity contribution in [3.8, 4) is 0 Å². The number of anilines is 1. The van der Waals surface area contributed by atoms with Crippen LogP contribution in [0.2, 0.25) is 0 Å². The predicted octanol–water partition coefficient (Wildman–Crippen LogP) is 3.20. The first kappa shape index (κ1) is 12.4. The number of thiophene rings is 1. The van der Waals surface area contributed by atoms with Crippen molar-refractivity contribution in [1.82, 2.24) is 9.88 Å². The third-order valence-electron chi connectivity index (χ3n) is 3.52. The SMILES string of the molecule is CCN1CCN(c2nc(Br)cc3sccc23)CC1. The summed E-state index contributed by atoms with van der Waals surface area (Å²) >= 11 is 5.30. The third kappa shape index (κ3) is 2.27. The van der Waals surface area contributed by atoms with Crippen LogP contribution in [0.1, 0.15) is 6.92 Å². The second kappa shape index (κ2) is 5.15. The first-order chi connectivity index (χ1) is 8.78. The van der Waals surface area contributed by atoms with Gasteiger partial charge in [0.15, 0.2) is 0 Å². The molecule has 0 saturated carbocycles. The highest BCUT2D eigenvalue weighted by molar-refractivity contribution is 9.10. The van der Waals surface area contributed by atoms with E-state index in [9.17, 15) is 0 Å². The van der Waals surface area contributed by atoms with E-state index in [1.165, 1.54) is 10.1 Å². The quantitative estimate of drug-likeness (QED) is 0.790. The summed E-state index contributed by atoms with van der Waals surface area (Å²) in [5.74, 6) is 1.14. The minimum atomic E-state index is 0.936. The third-order valence-corrected chi connectivity index (χ3v) is 4.79. The zero-order valence-corrected chi connectivity index (χ0v) is 12.8. The van der Waals surface area contributed by atoms with Crippen molar-refractivity contribution in [3.05, 3.63) is 22.1 Å². The van der Waals surface area contributed by atoms with Crippen LogP contribution < -0.4 is 4.90 Å². The van der Waals surface area contributed by atoms with Crippen molar-refractivity contribution in [2.75, 3.05) is 37.6 Å². The van der Waals surface area contributed by atoms with Crippen molar-refractivity contribution in [2.24, 2.45) is 0 Å². The molecule has 3 heterocycles. The fraction of sp³-hybridized carbons (Fsp3) is 0.462. The highest BCUT2D eigenvalue weighted by Gasteiger charge is 2.19. The van der Waals surface area contributed by atoms with Crippen LogP contribution in [0.25, 0.3) is 10.1 Å². The van der Waals surface area contributed by atoms with Crippen LogP contribution in [0.3, 0.4) is 0 Å². The summed E-state index contributed by atoms with van der Waals surface area (Å²) in [5, 5.41) is 3.43. The highest BCUT2D eigenvalue weighted by atomic mass is 79.9. The molecule has 1 fully saturated rings. The molecule has 0 aromatic carbocycles. The predicted molar refractivity (Wildman–Crippen MR) is 81.6 cm³/mol. The molecule has 5 heteroatoms. The van der Waals surface area contributed by atoms with Crippen molar-refractivity contribution >= 4 is 43.2 Å². The van der Waals surface area contributed by atoms with Crippen LogP contribution in [-0.2, 0) is 0 Å². The molecule has 0 aliphatic carbocycles. The number of hydrogen-bond acceptors (Lipinski definition) is 4.